The lowest BCUT2D eigenvalue weighted by Gasteiger charge is -2.12. The summed E-state index contributed by atoms with van der Waals surface area (Å²) >= 11 is 0. The van der Waals surface area contributed by atoms with Crippen LogP contribution in [0.25, 0.3) is 0 Å². The van der Waals surface area contributed by atoms with Crippen molar-refractivity contribution in [2.24, 2.45) is 0 Å². The zero-order chi connectivity index (χ0) is 10.8. The van der Waals surface area contributed by atoms with E-state index in [2.05, 4.69) is 17.6 Å². The van der Waals surface area contributed by atoms with Gasteiger partial charge in [-0.05, 0) is 13.3 Å². The van der Waals surface area contributed by atoms with Crippen molar-refractivity contribution in [3.63, 3.8) is 0 Å². The molecule has 0 fully saturated rings. The standard InChI is InChI=1S/C10H22N2O2/c1-3-4-5-6-12-10(14)9(2)11-7-8-13/h9,11,13H,3-8H2,1-2H3,(H,12,14). The molecule has 0 rings (SSSR count). The number of carbonyl (C=O) groups is 1. The Morgan fingerprint density at radius 2 is 2.07 bits per heavy atom. The fourth-order valence-electron chi connectivity index (χ4n) is 1.11. The summed E-state index contributed by atoms with van der Waals surface area (Å²) in [4.78, 5) is 11.4. The van der Waals surface area contributed by atoms with Gasteiger partial charge in [0.1, 0.15) is 0 Å². The number of nitrogens with one attached hydrogen (secondary N) is 2. The van der Waals surface area contributed by atoms with Gasteiger partial charge < -0.3 is 15.7 Å². The van der Waals surface area contributed by atoms with Gasteiger partial charge in [-0.3, -0.25) is 4.79 Å². The normalized spacial score (nSPS) is 12.5. The van der Waals surface area contributed by atoms with Crippen LogP contribution in [0.15, 0.2) is 0 Å². The first-order valence-electron chi connectivity index (χ1n) is 5.34. The molecule has 0 aromatic rings. The van der Waals surface area contributed by atoms with Gasteiger partial charge in [0, 0.05) is 13.1 Å². The number of amides is 1. The monoisotopic (exact) mass is 202 g/mol. The van der Waals surface area contributed by atoms with E-state index in [1.54, 1.807) is 6.92 Å². The summed E-state index contributed by atoms with van der Waals surface area (Å²) in [5.41, 5.74) is 0. The number of rotatable bonds is 8. The molecule has 0 radical (unpaired) electrons. The number of aliphatic hydroxyl groups excluding tert-OH is 1. The fraction of sp³-hybridized carbons (Fsp3) is 0.900. The number of carbonyl (C=O) groups excluding carboxylic acids is 1. The minimum absolute atomic E-state index is 0.00885. The van der Waals surface area contributed by atoms with E-state index >= 15 is 0 Å². The highest BCUT2D eigenvalue weighted by molar-refractivity contribution is 5.81. The van der Waals surface area contributed by atoms with Crippen LogP contribution in [0.2, 0.25) is 0 Å². The molecule has 1 unspecified atom stereocenters. The molecule has 1 amide bonds. The quantitative estimate of drug-likeness (QED) is 0.495. The number of hydrogen-bond donors (Lipinski definition) is 3. The van der Waals surface area contributed by atoms with Gasteiger partial charge in [-0.1, -0.05) is 19.8 Å². The predicted molar refractivity (Wildman–Crippen MR) is 57.1 cm³/mol. The highest BCUT2D eigenvalue weighted by atomic mass is 16.3. The molecule has 3 N–H and O–H groups in total. The summed E-state index contributed by atoms with van der Waals surface area (Å²) in [6.45, 7) is 5.20. The van der Waals surface area contributed by atoms with Crippen molar-refractivity contribution >= 4 is 5.91 Å². The van der Waals surface area contributed by atoms with Crippen LogP contribution >= 0.6 is 0 Å². The Balaban J connectivity index is 3.42. The Hall–Kier alpha value is -0.610. The van der Waals surface area contributed by atoms with E-state index in [0.29, 0.717) is 6.54 Å². The topological polar surface area (TPSA) is 61.4 Å². The zero-order valence-corrected chi connectivity index (χ0v) is 9.18. The summed E-state index contributed by atoms with van der Waals surface area (Å²) in [7, 11) is 0. The predicted octanol–water partition coefficient (Wildman–Crippen LogP) is 0.263. The SMILES string of the molecule is CCCCCNC(=O)C(C)NCCO. The molecule has 0 aliphatic carbocycles. The minimum atomic E-state index is -0.219. The first-order valence-corrected chi connectivity index (χ1v) is 5.34. The van der Waals surface area contributed by atoms with Crippen molar-refractivity contribution in [2.75, 3.05) is 19.7 Å². The molecular weight excluding hydrogens is 180 g/mol. The second-order valence-electron chi connectivity index (χ2n) is 3.40. The second-order valence-corrected chi connectivity index (χ2v) is 3.40. The summed E-state index contributed by atoms with van der Waals surface area (Å²) in [6, 6.07) is -0.219. The van der Waals surface area contributed by atoms with Crippen molar-refractivity contribution in [1.82, 2.24) is 10.6 Å². The van der Waals surface area contributed by atoms with Gasteiger partial charge in [-0.25, -0.2) is 0 Å². The summed E-state index contributed by atoms with van der Waals surface area (Å²) in [5, 5.41) is 14.3. The summed E-state index contributed by atoms with van der Waals surface area (Å²) < 4.78 is 0. The number of hydrogen-bond acceptors (Lipinski definition) is 3. The molecule has 0 saturated heterocycles. The van der Waals surface area contributed by atoms with Crippen LogP contribution < -0.4 is 10.6 Å². The molecule has 0 aliphatic heterocycles. The van der Waals surface area contributed by atoms with Crippen molar-refractivity contribution in [3.8, 4) is 0 Å². The van der Waals surface area contributed by atoms with E-state index in [0.717, 1.165) is 25.8 Å². The average Bonchev–Trinajstić information content (AvgIpc) is 2.20. The Bertz CT molecular complexity index is 151. The third-order valence-electron chi connectivity index (χ3n) is 2.04. The van der Waals surface area contributed by atoms with Gasteiger partial charge in [0.15, 0.2) is 0 Å². The van der Waals surface area contributed by atoms with Gasteiger partial charge >= 0.3 is 0 Å². The van der Waals surface area contributed by atoms with Crippen LogP contribution in [-0.4, -0.2) is 36.8 Å². The summed E-state index contributed by atoms with van der Waals surface area (Å²) in [5.74, 6) is 0.00885. The van der Waals surface area contributed by atoms with E-state index in [4.69, 9.17) is 5.11 Å². The van der Waals surface area contributed by atoms with Crippen LogP contribution in [0.4, 0.5) is 0 Å². The Morgan fingerprint density at radius 3 is 2.64 bits per heavy atom. The lowest BCUT2D eigenvalue weighted by molar-refractivity contribution is -0.122. The largest absolute Gasteiger partial charge is 0.395 e. The van der Waals surface area contributed by atoms with Crippen molar-refractivity contribution in [1.29, 1.82) is 0 Å². The van der Waals surface area contributed by atoms with Gasteiger partial charge in [0.25, 0.3) is 0 Å². The minimum Gasteiger partial charge on any atom is -0.395 e. The van der Waals surface area contributed by atoms with E-state index in [-0.39, 0.29) is 18.6 Å². The molecule has 84 valence electrons. The van der Waals surface area contributed by atoms with Gasteiger partial charge in [-0.2, -0.15) is 0 Å². The molecule has 0 heterocycles. The molecule has 4 heteroatoms. The molecule has 0 bridgehead atoms. The molecule has 14 heavy (non-hydrogen) atoms. The number of unbranched alkanes of at least 4 members (excludes halogenated alkanes) is 2. The van der Waals surface area contributed by atoms with Gasteiger partial charge in [0.05, 0.1) is 12.6 Å². The smallest absolute Gasteiger partial charge is 0.236 e. The van der Waals surface area contributed by atoms with Gasteiger partial charge in [-0.15, -0.1) is 0 Å². The molecule has 0 aliphatic rings. The van der Waals surface area contributed by atoms with Gasteiger partial charge in [0.2, 0.25) is 5.91 Å². The fourth-order valence-corrected chi connectivity index (χ4v) is 1.11. The van der Waals surface area contributed by atoms with Crippen LogP contribution in [0, 0.1) is 0 Å². The third kappa shape index (κ3) is 6.86. The van der Waals surface area contributed by atoms with Crippen molar-refractivity contribution in [3.05, 3.63) is 0 Å². The molecule has 4 nitrogen and oxygen atoms in total. The second kappa shape index (κ2) is 8.97. The lowest BCUT2D eigenvalue weighted by atomic mass is 10.2. The summed E-state index contributed by atoms with van der Waals surface area (Å²) in [6.07, 6.45) is 3.35. The average molecular weight is 202 g/mol. The van der Waals surface area contributed by atoms with Crippen LogP contribution in [0.1, 0.15) is 33.1 Å². The zero-order valence-electron chi connectivity index (χ0n) is 9.18. The van der Waals surface area contributed by atoms with E-state index in [1.165, 1.54) is 0 Å². The maximum absolute atomic E-state index is 11.4. The molecule has 0 aromatic heterocycles. The molecule has 0 aromatic carbocycles. The lowest BCUT2D eigenvalue weighted by Crippen LogP contribution is -2.43. The Morgan fingerprint density at radius 1 is 1.36 bits per heavy atom. The molecule has 0 saturated carbocycles. The van der Waals surface area contributed by atoms with Crippen LogP contribution in [-0.2, 0) is 4.79 Å². The third-order valence-corrected chi connectivity index (χ3v) is 2.04. The molecular formula is C10H22N2O2. The maximum Gasteiger partial charge on any atom is 0.236 e. The van der Waals surface area contributed by atoms with Crippen LogP contribution in [0.5, 0.6) is 0 Å². The van der Waals surface area contributed by atoms with Crippen LogP contribution in [0.3, 0.4) is 0 Å². The first kappa shape index (κ1) is 13.4. The van der Waals surface area contributed by atoms with Crippen molar-refractivity contribution < 1.29 is 9.90 Å². The highest BCUT2D eigenvalue weighted by Gasteiger charge is 2.09. The first-order chi connectivity index (χ1) is 6.72. The van der Waals surface area contributed by atoms with E-state index in [1.807, 2.05) is 0 Å². The van der Waals surface area contributed by atoms with E-state index in [9.17, 15) is 4.79 Å². The maximum atomic E-state index is 11.4. The molecule has 1 atom stereocenters. The van der Waals surface area contributed by atoms with Crippen molar-refractivity contribution in [2.45, 2.75) is 39.2 Å². The Kier molecular flexibility index (Phi) is 8.57. The number of aliphatic hydroxyl groups is 1. The van der Waals surface area contributed by atoms with E-state index < -0.39 is 0 Å². The molecule has 0 spiro atoms. The Labute approximate surface area is 86.1 Å². The highest BCUT2D eigenvalue weighted by Crippen LogP contribution is 1.91.